The zero-order valence-electron chi connectivity index (χ0n) is 19.1. The van der Waals surface area contributed by atoms with Crippen LogP contribution in [0.25, 0.3) is 22.4 Å². The average molecular weight is 517 g/mol. The van der Waals surface area contributed by atoms with Gasteiger partial charge < -0.3 is 19.3 Å². The second kappa shape index (κ2) is 10.3. The maximum absolute atomic E-state index is 14.0. The van der Waals surface area contributed by atoms with Gasteiger partial charge in [0, 0.05) is 27.8 Å². The third-order valence-electron chi connectivity index (χ3n) is 5.36. The van der Waals surface area contributed by atoms with E-state index < -0.39 is 11.9 Å². The molecule has 36 heavy (non-hydrogen) atoms. The van der Waals surface area contributed by atoms with Crippen LogP contribution in [0.3, 0.4) is 0 Å². The summed E-state index contributed by atoms with van der Waals surface area (Å²) in [6, 6.07) is 15.7. The molecule has 0 spiro atoms. The summed E-state index contributed by atoms with van der Waals surface area (Å²) < 4.78 is 58.1. The summed E-state index contributed by atoms with van der Waals surface area (Å²) in [5.74, 6) is 0.552. The van der Waals surface area contributed by atoms with Crippen LogP contribution in [0.1, 0.15) is 11.3 Å². The number of aromatic nitrogens is 2. The molecule has 0 unspecified atom stereocenters. The minimum Gasteiger partial charge on any atom is -0.507 e. The van der Waals surface area contributed by atoms with Gasteiger partial charge in [-0.05, 0) is 35.9 Å². The number of methoxy groups -OCH3 is 2. The first kappa shape index (κ1) is 25.1. The number of hydrogen-bond donors (Lipinski definition) is 1. The fraction of sp³-hybridized carbons (Fsp3) is 0.154. The molecule has 0 saturated heterocycles. The Morgan fingerprint density at radius 1 is 0.917 bits per heavy atom. The Hall–Kier alpha value is -3.98. The second-order valence-corrected chi connectivity index (χ2v) is 7.98. The summed E-state index contributed by atoms with van der Waals surface area (Å²) in [5.41, 5.74) is -0.639. The lowest BCUT2D eigenvalue weighted by Crippen LogP contribution is -2.12. The van der Waals surface area contributed by atoms with Crippen LogP contribution < -0.4 is 14.2 Å². The van der Waals surface area contributed by atoms with Crippen LogP contribution in [0.15, 0.2) is 67.0 Å². The van der Waals surface area contributed by atoms with Crippen molar-refractivity contribution in [2.24, 2.45) is 0 Å². The third-order valence-corrected chi connectivity index (χ3v) is 5.73. The Morgan fingerprint density at radius 2 is 1.67 bits per heavy atom. The van der Waals surface area contributed by atoms with Crippen molar-refractivity contribution in [2.75, 3.05) is 14.2 Å². The summed E-state index contributed by atoms with van der Waals surface area (Å²) in [4.78, 5) is 7.59. The number of rotatable bonds is 7. The van der Waals surface area contributed by atoms with Gasteiger partial charge in [-0.3, -0.25) is 0 Å². The van der Waals surface area contributed by atoms with Gasteiger partial charge in [0.2, 0.25) is 0 Å². The lowest BCUT2D eigenvalue weighted by Gasteiger charge is -2.18. The summed E-state index contributed by atoms with van der Waals surface area (Å²) >= 11 is 6.14. The molecule has 4 rings (SSSR count). The number of phenolic OH excluding ortho intramolecular Hbond substituents is 1. The number of alkyl halides is 3. The van der Waals surface area contributed by atoms with Crippen molar-refractivity contribution in [3.05, 3.63) is 83.3 Å². The molecule has 0 aliphatic rings. The van der Waals surface area contributed by atoms with Crippen molar-refractivity contribution in [3.8, 4) is 45.4 Å². The molecule has 0 amide bonds. The molecule has 0 aliphatic heterocycles. The van der Waals surface area contributed by atoms with E-state index in [1.54, 1.807) is 18.2 Å². The molecule has 0 atom stereocenters. The van der Waals surface area contributed by atoms with E-state index in [0.717, 1.165) is 11.9 Å². The molecule has 1 N–H and O–H groups in total. The maximum Gasteiger partial charge on any atom is 0.434 e. The summed E-state index contributed by atoms with van der Waals surface area (Å²) in [7, 11) is 2.80. The zero-order chi connectivity index (χ0) is 25.9. The van der Waals surface area contributed by atoms with Gasteiger partial charge in [0.15, 0.2) is 17.2 Å². The van der Waals surface area contributed by atoms with E-state index in [0.29, 0.717) is 16.5 Å². The number of benzene rings is 3. The number of phenols is 1. The highest BCUT2D eigenvalue weighted by Gasteiger charge is 2.38. The van der Waals surface area contributed by atoms with Crippen LogP contribution >= 0.6 is 11.6 Å². The van der Waals surface area contributed by atoms with Crippen molar-refractivity contribution < 1.29 is 32.5 Å². The highest BCUT2D eigenvalue weighted by molar-refractivity contribution is 6.31. The summed E-state index contributed by atoms with van der Waals surface area (Å²) in [6.07, 6.45) is -3.97. The summed E-state index contributed by atoms with van der Waals surface area (Å²) in [5, 5.41) is 11.3. The molecule has 0 saturated carbocycles. The van der Waals surface area contributed by atoms with E-state index >= 15 is 0 Å². The molecule has 0 aliphatic carbocycles. The Balaban J connectivity index is 1.78. The third kappa shape index (κ3) is 5.16. The lowest BCUT2D eigenvalue weighted by atomic mass is 9.96. The van der Waals surface area contributed by atoms with Gasteiger partial charge in [-0.1, -0.05) is 35.9 Å². The molecule has 6 nitrogen and oxygen atoms in total. The number of ether oxygens (including phenoxy) is 3. The Labute approximate surface area is 209 Å². The number of nitrogens with zero attached hydrogens (tertiary/aromatic N) is 2. The van der Waals surface area contributed by atoms with Crippen LogP contribution in [0.4, 0.5) is 13.2 Å². The van der Waals surface area contributed by atoms with Crippen LogP contribution in [0, 0.1) is 0 Å². The van der Waals surface area contributed by atoms with Crippen molar-refractivity contribution >= 4 is 11.6 Å². The number of hydrogen-bond acceptors (Lipinski definition) is 6. The molecule has 3 aromatic carbocycles. The van der Waals surface area contributed by atoms with Gasteiger partial charge >= 0.3 is 6.18 Å². The van der Waals surface area contributed by atoms with E-state index in [1.165, 1.54) is 50.6 Å². The van der Waals surface area contributed by atoms with Crippen molar-refractivity contribution in [2.45, 2.75) is 12.8 Å². The molecule has 186 valence electrons. The van der Waals surface area contributed by atoms with Gasteiger partial charge in [0.1, 0.15) is 24.4 Å². The molecule has 10 heteroatoms. The Kier molecular flexibility index (Phi) is 7.21. The topological polar surface area (TPSA) is 73.7 Å². The van der Waals surface area contributed by atoms with Gasteiger partial charge in [-0.2, -0.15) is 13.2 Å². The summed E-state index contributed by atoms with van der Waals surface area (Å²) in [6.45, 7) is 0.140. The van der Waals surface area contributed by atoms with E-state index in [9.17, 15) is 18.3 Å². The largest absolute Gasteiger partial charge is 0.507 e. The van der Waals surface area contributed by atoms with Crippen molar-refractivity contribution in [1.29, 1.82) is 0 Å². The zero-order valence-corrected chi connectivity index (χ0v) is 19.9. The fourth-order valence-corrected chi connectivity index (χ4v) is 3.84. The first-order valence-corrected chi connectivity index (χ1v) is 10.9. The SMILES string of the molecule is COc1ccc(-c2c(-c3ccc(OCc4ccccc4Cl)cc3O)ncnc2C(F)(F)F)cc1OC. The van der Waals surface area contributed by atoms with Crippen molar-refractivity contribution in [1.82, 2.24) is 9.97 Å². The standard InChI is InChI=1S/C26H20ClF3N2O4/c1-34-21-10-7-15(11-22(21)35-2)23-24(31-14-32-25(23)26(28,29)30)18-9-8-17(12-20(18)33)36-13-16-5-3-4-6-19(16)27/h3-12,14,33H,13H2,1-2H3. The number of aromatic hydroxyl groups is 1. The van der Waals surface area contributed by atoms with Gasteiger partial charge in [0.25, 0.3) is 0 Å². The fourth-order valence-electron chi connectivity index (χ4n) is 3.65. The van der Waals surface area contributed by atoms with Crippen molar-refractivity contribution in [3.63, 3.8) is 0 Å². The van der Waals surface area contributed by atoms with Gasteiger partial charge in [0.05, 0.1) is 19.9 Å². The molecular weight excluding hydrogens is 497 g/mol. The van der Waals surface area contributed by atoms with Crippen LogP contribution in [-0.2, 0) is 12.8 Å². The normalized spacial score (nSPS) is 11.3. The maximum atomic E-state index is 14.0. The molecular formula is C26H20ClF3N2O4. The minimum atomic E-state index is -4.78. The van der Waals surface area contributed by atoms with E-state index in [1.807, 2.05) is 6.07 Å². The molecule has 1 heterocycles. The Morgan fingerprint density at radius 3 is 2.33 bits per heavy atom. The molecule has 0 radical (unpaired) electrons. The van der Waals surface area contributed by atoms with Crippen LogP contribution in [0.5, 0.6) is 23.0 Å². The predicted octanol–water partition coefficient (Wildman–Crippen LogP) is 6.78. The monoisotopic (exact) mass is 516 g/mol. The van der Waals surface area contributed by atoms with E-state index in [-0.39, 0.29) is 40.5 Å². The molecule has 1 aromatic heterocycles. The first-order chi connectivity index (χ1) is 17.2. The van der Waals surface area contributed by atoms with Gasteiger partial charge in [-0.15, -0.1) is 0 Å². The number of halogens is 4. The van der Waals surface area contributed by atoms with Crippen LogP contribution in [-0.4, -0.2) is 29.3 Å². The molecule has 0 fully saturated rings. The van der Waals surface area contributed by atoms with E-state index in [4.69, 9.17) is 25.8 Å². The lowest BCUT2D eigenvalue weighted by molar-refractivity contribution is -0.140. The average Bonchev–Trinajstić information content (AvgIpc) is 2.87. The van der Waals surface area contributed by atoms with E-state index in [2.05, 4.69) is 9.97 Å². The smallest absolute Gasteiger partial charge is 0.434 e. The molecule has 4 aromatic rings. The second-order valence-electron chi connectivity index (χ2n) is 7.57. The predicted molar refractivity (Wildman–Crippen MR) is 128 cm³/mol. The quantitative estimate of drug-likeness (QED) is 0.292. The minimum absolute atomic E-state index is 0.0674. The highest BCUT2D eigenvalue weighted by Crippen LogP contribution is 2.44. The Bertz CT molecular complexity index is 1400. The van der Waals surface area contributed by atoms with Crippen LogP contribution in [0.2, 0.25) is 5.02 Å². The highest BCUT2D eigenvalue weighted by atomic mass is 35.5. The molecule has 0 bridgehead atoms. The van der Waals surface area contributed by atoms with Gasteiger partial charge in [-0.25, -0.2) is 9.97 Å². The first-order valence-electron chi connectivity index (χ1n) is 10.6.